The molecule has 0 unspecified atom stereocenters. The van der Waals surface area contributed by atoms with Gasteiger partial charge in [0.15, 0.2) is 0 Å². The molecule has 1 heterocycles. The number of benzene rings is 1. The molecule has 0 aliphatic rings. The summed E-state index contributed by atoms with van der Waals surface area (Å²) in [7, 11) is 1.63. The van der Waals surface area contributed by atoms with E-state index in [0.29, 0.717) is 11.6 Å². The summed E-state index contributed by atoms with van der Waals surface area (Å²) in [6.45, 7) is 0.663. The number of nitrogens with one attached hydrogen (secondary N) is 1. The molecule has 2 aromatic rings. The quantitative estimate of drug-likeness (QED) is 0.908. The summed E-state index contributed by atoms with van der Waals surface area (Å²) in [5.74, 6) is 0.783. The SMILES string of the molecule is COc1ccc(Cl)c(NCc2cscn2)c1. The van der Waals surface area contributed by atoms with E-state index in [0.717, 1.165) is 17.1 Å². The van der Waals surface area contributed by atoms with Crippen molar-refractivity contribution in [3.8, 4) is 5.75 Å². The van der Waals surface area contributed by atoms with Crippen molar-refractivity contribution in [3.63, 3.8) is 0 Å². The first-order valence-electron chi connectivity index (χ1n) is 4.74. The summed E-state index contributed by atoms with van der Waals surface area (Å²) >= 11 is 7.64. The second-order valence-electron chi connectivity index (χ2n) is 3.18. The standard InChI is InChI=1S/C11H11ClN2OS/c1-15-9-2-3-10(12)11(4-9)13-5-8-6-16-7-14-8/h2-4,6-7,13H,5H2,1H3. The molecule has 1 aromatic carbocycles. The maximum atomic E-state index is 6.06. The van der Waals surface area contributed by atoms with E-state index in [-0.39, 0.29) is 0 Å². The Kier molecular flexibility index (Phi) is 3.64. The number of hydrogen-bond donors (Lipinski definition) is 1. The van der Waals surface area contributed by atoms with Gasteiger partial charge in [-0.1, -0.05) is 11.6 Å². The van der Waals surface area contributed by atoms with E-state index in [1.54, 1.807) is 18.4 Å². The van der Waals surface area contributed by atoms with Crippen LogP contribution in [0.15, 0.2) is 29.1 Å². The molecule has 0 saturated carbocycles. The Bertz CT molecular complexity index is 459. The Morgan fingerprint density at radius 1 is 1.50 bits per heavy atom. The van der Waals surface area contributed by atoms with E-state index in [4.69, 9.17) is 16.3 Å². The molecule has 0 bridgehead atoms. The summed E-state index contributed by atoms with van der Waals surface area (Å²) in [4.78, 5) is 4.19. The van der Waals surface area contributed by atoms with Crippen molar-refractivity contribution < 1.29 is 4.74 Å². The van der Waals surface area contributed by atoms with Gasteiger partial charge in [-0.15, -0.1) is 11.3 Å². The lowest BCUT2D eigenvalue weighted by Crippen LogP contribution is -2.00. The van der Waals surface area contributed by atoms with Crippen molar-refractivity contribution >= 4 is 28.6 Å². The number of methoxy groups -OCH3 is 1. The average Bonchev–Trinajstić information content (AvgIpc) is 2.81. The molecule has 0 fully saturated rings. The number of rotatable bonds is 4. The van der Waals surface area contributed by atoms with E-state index in [1.165, 1.54) is 0 Å². The Morgan fingerprint density at radius 3 is 3.06 bits per heavy atom. The van der Waals surface area contributed by atoms with Crippen LogP contribution in [0.25, 0.3) is 0 Å². The second-order valence-corrected chi connectivity index (χ2v) is 4.30. The number of thiazole rings is 1. The van der Waals surface area contributed by atoms with Crippen LogP contribution in [0.2, 0.25) is 5.02 Å². The van der Waals surface area contributed by atoms with Gasteiger partial charge in [0, 0.05) is 11.4 Å². The maximum Gasteiger partial charge on any atom is 0.121 e. The minimum Gasteiger partial charge on any atom is -0.497 e. The molecule has 2 rings (SSSR count). The Morgan fingerprint density at radius 2 is 2.38 bits per heavy atom. The highest BCUT2D eigenvalue weighted by Gasteiger charge is 2.02. The molecule has 5 heteroatoms. The normalized spacial score (nSPS) is 10.1. The van der Waals surface area contributed by atoms with Crippen LogP contribution in [0.5, 0.6) is 5.75 Å². The molecular formula is C11H11ClN2OS. The second kappa shape index (κ2) is 5.18. The molecule has 0 amide bonds. The zero-order valence-electron chi connectivity index (χ0n) is 8.74. The molecule has 0 spiro atoms. The largest absolute Gasteiger partial charge is 0.497 e. The fraction of sp³-hybridized carbons (Fsp3) is 0.182. The maximum absolute atomic E-state index is 6.06. The summed E-state index contributed by atoms with van der Waals surface area (Å²) in [6.07, 6.45) is 0. The third kappa shape index (κ3) is 2.65. The Hall–Kier alpha value is -1.26. The van der Waals surface area contributed by atoms with Gasteiger partial charge in [-0.2, -0.15) is 0 Å². The fourth-order valence-corrected chi connectivity index (χ4v) is 2.02. The van der Waals surface area contributed by atoms with Gasteiger partial charge in [-0.3, -0.25) is 0 Å². The van der Waals surface area contributed by atoms with Gasteiger partial charge in [-0.05, 0) is 12.1 Å². The van der Waals surface area contributed by atoms with Gasteiger partial charge in [0.2, 0.25) is 0 Å². The lowest BCUT2D eigenvalue weighted by atomic mass is 10.3. The highest BCUT2D eigenvalue weighted by Crippen LogP contribution is 2.26. The third-order valence-electron chi connectivity index (χ3n) is 2.12. The molecule has 0 radical (unpaired) electrons. The Labute approximate surface area is 103 Å². The molecule has 16 heavy (non-hydrogen) atoms. The number of halogens is 1. The Balaban J connectivity index is 2.08. The minimum atomic E-state index is 0.663. The van der Waals surface area contributed by atoms with Crippen molar-refractivity contribution in [2.45, 2.75) is 6.54 Å². The van der Waals surface area contributed by atoms with Crippen molar-refractivity contribution in [1.29, 1.82) is 0 Å². The summed E-state index contributed by atoms with van der Waals surface area (Å²) in [6, 6.07) is 5.51. The first kappa shape index (κ1) is 11.2. The van der Waals surface area contributed by atoms with Crippen LogP contribution in [-0.4, -0.2) is 12.1 Å². The molecule has 84 valence electrons. The van der Waals surface area contributed by atoms with E-state index in [2.05, 4.69) is 10.3 Å². The van der Waals surface area contributed by atoms with Gasteiger partial charge >= 0.3 is 0 Å². The molecule has 1 aromatic heterocycles. The van der Waals surface area contributed by atoms with E-state index in [1.807, 2.05) is 29.1 Å². The molecule has 0 atom stereocenters. The van der Waals surface area contributed by atoms with Crippen molar-refractivity contribution in [2.24, 2.45) is 0 Å². The zero-order valence-corrected chi connectivity index (χ0v) is 10.3. The smallest absolute Gasteiger partial charge is 0.121 e. The highest BCUT2D eigenvalue weighted by atomic mass is 35.5. The van der Waals surface area contributed by atoms with Crippen molar-refractivity contribution in [3.05, 3.63) is 39.8 Å². The predicted octanol–water partition coefficient (Wildman–Crippen LogP) is 3.42. The lowest BCUT2D eigenvalue weighted by molar-refractivity contribution is 0.415. The van der Waals surface area contributed by atoms with Crippen LogP contribution in [0.4, 0.5) is 5.69 Å². The topological polar surface area (TPSA) is 34.1 Å². The van der Waals surface area contributed by atoms with Crippen LogP contribution >= 0.6 is 22.9 Å². The number of nitrogens with zero attached hydrogens (tertiary/aromatic N) is 1. The summed E-state index contributed by atoms with van der Waals surface area (Å²) in [5, 5.41) is 5.90. The lowest BCUT2D eigenvalue weighted by Gasteiger charge is -2.08. The summed E-state index contributed by atoms with van der Waals surface area (Å²) in [5.41, 5.74) is 3.67. The zero-order chi connectivity index (χ0) is 11.4. The number of ether oxygens (including phenoxy) is 1. The van der Waals surface area contributed by atoms with E-state index >= 15 is 0 Å². The average molecular weight is 255 g/mol. The van der Waals surface area contributed by atoms with Crippen LogP contribution in [-0.2, 0) is 6.54 Å². The van der Waals surface area contributed by atoms with E-state index in [9.17, 15) is 0 Å². The highest BCUT2D eigenvalue weighted by molar-refractivity contribution is 7.07. The first-order valence-corrected chi connectivity index (χ1v) is 6.06. The van der Waals surface area contributed by atoms with E-state index < -0.39 is 0 Å². The van der Waals surface area contributed by atoms with Crippen LogP contribution in [0, 0.1) is 0 Å². The third-order valence-corrected chi connectivity index (χ3v) is 3.08. The predicted molar refractivity (Wildman–Crippen MR) is 67.4 cm³/mol. The van der Waals surface area contributed by atoms with Gasteiger partial charge in [0.1, 0.15) is 5.75 Å². The molecule has 3 nitrogen and oxygen atoms in total. The summed E-state index contributed by atoms with van der Waals surface area (Å²) < 4.78 is 5.13. The monoisotopic (exact) mass is 254 g/mol. The minimum absolute atomic E-state index is 0.663. The number of anilines is 1. The van der Waals surface area contributed by atoms with Gasteiger partial charge in [0.25, 0.3) is 0 Å². The van der Waals surface area contributed by atoms with Gasteiger partial charge in [-0.25, -0.2) is 4.98 Å². The molecule has 1 N–H and O–H groups in total. The number of aromatic nitrogens is 1. The first-order chi connectivity index (χ1) is 7.79. The van der Waals surface area contributed by atoms with Crippen LogP contribution in [0.3, 0.4) is 0 Å². The molecular weight excluding hydrogens is 244 g/mol. The van der Waals surface area contributed by atoms with Crippen LogP contribution < -0.4 is 10.1 Å². The molecule has 0 aliphatic carbocycles. The van der Waals surface area contributed by atoms with Gasteiger partial charge in [0.05, 0.1) is 35.6 Å². The number of hydrogen-bond acceptors (Lipinski definition) is 4. The van der Waals surface area contributed by atoms with Crippen LogP contribution in [0.1, 0.15) is 5.69 Å². The fourth-order valence-electron chi connectivity index (χ4n) is 1.28. The molecule has 0 aliphatic heterocycles. The van der Waals surface area contributed by atoms with Gasteiger partial charge < -0.3 is 10.1 Å². The van der Waals surface area contributed by atoms with Crippen molar-refractivity contribution in [1.82, 2.24) is 4.98 Å². The van der Waals surface area contributed by atoms with Crippen molar-refractivity contribution in [2.75, 3.05) is 12.4 Å². The molecule has 0 saturated heterocycles.